The number of nitrogens with two attached hydrogens (primary N) is 1. The molecule has 2 N–H and O–H groups in total. The molecule has 4 rings (SSSR count). The number of anilines is 1. The quantitative estimate of drug-likeness (QED) is 0.590. The third-order valence-corrected chi connectivity index (χ3v) is 6.35. The molecule has 1 saturated heterocycles. The molecule has 1 aromatic heterocycles. The van der Waals surface area contributed by atoms with Crippen LogP contribution in [0.2, 0.25) is 5.02 Å². The summed E-state index contributed by atoms with van der Waals surface area (Å²) in [5.41, 5.74) is 8.53. The molecule has 0 amide bonds. The lowest BCUT2D eigenvalue weighted by molar-refractivity contribution is 0.187. The van der Waals surface area contributed by atoms with Crippen LogP contribution in [0, 0.1) is 0 Å². The number of ether oxygens (including phenoxy) is 1. The van der Waals surface area contributed by atoms with Gasteiger partial charge < -0.3 is 15.4 Å². The Morgan fingerprint density at radius 3 is 2.61 bits per heavy atom. The molecule has 1 aliphatic heterocycles. The van der Waals surface area contributed by atoms with Crippen LogP contribution in [-0.2, 0) is 6.42 Å². The molecule has 1 aliphatic rings. The molecule has 2 aromatic carbocycles. The summed E-state index contributed by atoms with van der Waals surface area (Å²) in [5, 5.41) is 1.74. The summed E-state index contributed by atoms with van der Waals surface area (Å²) >= 11 is 7.92. The van der Waals surface area contributed by atoms with Crippen LogP contribution in [0.5, 0.6) is 5.75 Å². The summed E-state index contributed by atoms with van der Waals surface area (Å²) in [7, 11) is 1.72. The van der Waals surface area contributed by atoms with Crippen molar-refractivity contribution in [1.82, 2.24) is 9.88 Å². The van der Waals surface area contributed by atoms with E-state index in [-0.39, 0.29) is 23.1 Å². The van der Waals surface area contributed by atoms with Crippen LogP contribution < -0.4 is 15.4 Å². The molecule has 3 aromatic rings. The molecule has 28 heavy (non-hydrogen) atoms. The number of benzene rings is 2. The van der Waals surface area contributed by atoms with Crippen molar-refractivity contribution in [2.75, 3.05) is 38.2 Å². The number of halogens is 2. The molecule has 8 heteroatoms. The van der Waals surface area contributed by atoms with E-state index in [2.05, 4.69) is 26.9 Å². The van der Waals surface area contributed by atoms with Crippen molar-refractivity contribution in [2.24, 2.45) is 5.73 Å². The zero-order valence-corrected chi connectivity index (χ0v) is 19.0. The van der Waals surface area contributed by atoms with Crippen LogP contribution in [0.4, 0.5) is 5.69 Å². The predicted octanol–water partition coefficient (Wildman–Crippen LogP) is 4.19. The Kier molecular flexibility index (Phi) is 7.17. The number of methoxy groups -OCH3 is 1. The largest absolute Gasteiger partial charge is 0.495 e. The summed E-state index contributed by atoms with van der Waals surface area (Å²) in [6.45, 7) is 3.70. The fraction of sp³-hybridized carbons (Fsp3) is 0.350. The summed E-state index contributed by atoms with van der Waals surface area (Å²) in [4.78, 5) is 9.38. The van der Waals surface area contributed by atoms with Gasteiger partial charge in [0.25, 0.3) is 0 Å². The maximum Gasteiger partial charge on any atom is 0.142 e. The zero-order valence-electron chi connectivity index (χ0n) is 15.7. The van der Waals surface area contributed by atoms with E-state index in [9.17, 15) is 0 Å². The molecule has 1 unspecified atom stereocenters. The second-order valence-corrected chi connectivity index (χ2v) is 8.18. The Bertz CT molecular complexity index is 929. The smallest absolute Gasteiger partial charge is 0.142 e. The number of hydrogen-bond donors (Lipinski definition) is 1. The van der Waals surface area contributed by atoms with Crippen molar-refractivity contribution in [3.63, 3.8) is 0 Å². The number of hydrogen-bond acceptors (Lipinski definition) is 6. The fourth-order valence-electron chi connectivity index (χ4n) is 3.54. The highest BCUT2D eigenvalue weighted by Gasteiger charge is 2.24. The minimum Gasteiger partial charge on any atom is -0.495 e. The first-order valence-corrected chi connectivity index (χ1v) is 10.3. The Morgan fingerprint density at radius 1 is 1.14 bits per heavy atom. The van der Waals surface area contributed by atoms with Crippen LogP contribution in [0.3, 0.4) is 0 Å². The van der Waals surface area contributed by atoms with E-state index in [1.54, 1.807) is 18.4 Å². The van der Waals surface area contributed by atoms with E-state index < -0.39 is 0 Å². The minimum atomic E-state index is -0.0378. The second-order valence-electron chi connectivity index (χ2n) is 6.66. The monoisotopic (exact) mass is 482 g/mol. The number of fused-ring (bicyclic) bond motifs is 1. The molecular formula is C20H24BrClN4OS. The van der Waals surface area contributed by atoms with Crippen LogP contribution in [-0.4, -0.2) is 49.3 Å². The highest BCUT2D eigenvalue weighted by Crippen LogP contribution is 2.30. The zero-order chi connectivity index (χ0) is 18.8. The van der Waals surface area contributed by atoms with Gasteiger partial charge in [0.2, 0.25) is 0 Å². The lowest BCUT2D eigenvalue weighted by Crippen LogP contribution is -2.54. The normalized spacial score (nSPS) is 16.0. The van der Waals surface area contributed by atoms with Crippen LogP contribution in [0.1, 0.15) is 5.01 Å². The lowest BCUT2D eigenvalue weighted by atomic mass is 10.2. The first-order valence-electron chi connectivity index (χ1n) is 9.07. The van der Waals surface area contributed by atoms with Gasteiger partial charge in [0.15, 0.2) is 0 Å². The number of aromatic nitrogens is 1. The van der Waals surface area contributed by atoms with Crippen molar-refractivity contribution in [3.05, 3.63) is 52.5 Å². The number of rotatable bonds is 5. The molecular weight excluding hydrogens is 460 g/mol. The van der Waals surface area contributed by atoms with Gasteiger partial charge in [-0.2, -0.15) is 0 Å². The Labute approximate surface area is 184 Å². The van der Waals surface area contributed by atoms with Gasteiger partial charge in [-0.1, -0.05) is 29.8 Å². The first kappa shape index (κ1) is 21.3. The van der Waals surface area contributed by atoms with Crippen LogP contribution in [0.25, 0.3) is 10.2 Å². The molecule has 1 fully saturated rings. The Morgan fingerprint density at radius 2 is 1.89 bits per heavy atom. The third-order valence-electron chi connectivity index (χ3n) is 5.01. The molecule has 0 saturated carbocycles. The average molecular weight is 484 g/mol. The van der Waals surface area contributed by atoms with Crippen molar-refractivity contribution in [2.45, 2.75) is 12.6 Å². The van der Waals surface area contributed by atoms with Crippen molar-refractivity contribution in [3.8, 4) is 5.75 Å². The molecule has 150 valence electrons. The van der Waals surface area contributed by atoms with Crippen molar-refractivity contribution >= 4 is 55.8 Å². The molecule has 0 radical (unpaired) electrons. The topological polar surface area (TPSA) is 54.6 Å². The van der Waals surface area contributed by atoms with Gasteiger partial charge in [-0.25, -0.2) is 4.98 Å². The highest BCUT2D eigenvalue weighted by atomic mass is 79.9. The number of nitrogens with zero attached hydrogens (tertiary/aromatic N) is 3. The highest BCUT2D eigenvalue weighted by molar-refractivity contribution is 8.93. The molecule has 0 aliphatic carbocycles. The summed E-state index contributed by atoms with van der Waals surface area (Å²) in [6.07, 6.45) is 0.703. The van der Waals surface area contributed by atoms with E-state index in [1.165, 1.54) is 0 Å². The molecule has 5 nitrogen and oxygen atoms in total. The van der Waals surface area contributed by atoms with Gasteiger partial charge in [0.05, 0.1) is 33.7 Å². The summed E-state index contributed by atoms with van der Waals surface area (Å²) in [6, 6.07) is 14.1. The van der Waals surface area contributed by atoms with Crippen LogP contribution in [0.15, 0.2) is 42.5 Å². The molecule has 1 atom stereocenters. The van der Waals surface area contributed by atoms with Crippen molar-refractivity contribution in [1.29, 1.82) is 0 Å². The second kappa shape index (κ2) is 9.41. The maximum atomic E-state index is 6.50. The first-order chi connectivity index (χ1) is 13.2. The standard InChI is InChI=1S/C20H23ClN4OS.BrH/c1-26-16-7-3-2-6-15(16)24-9-11-25(12-10-24)18(22)13-19-23-20-14(21)5-4-8-17(20)27-19;/h2-8,18H,9-13,22H2,1H3;1H. The number of para-hydroxylation sites is 3. The predicted molar refractivity (Wildman–Crippen MR) is 123 cm³/mol. The molecule has 0 spiro atoms. The lowest BCUT2D eigenvalue weighted by Gasteiger charge is -2.39. The summed E-state index contributed by atoms with van der Waals surface area (Å²) < 4.78 is 6.61. The van der Waals surface area contributed by atoms with E-state index >= 15 is 0 Å². The average Bonchev–Trinajstić information content (AvgIpc) is 3.12. The third kappa shape index (κ3) is 4.44. The van der Waals surface area contributed by atoms with Gasteiger partial charge in [-0.15, -0.1) is 28.3 Å². The van der Waals surface area contributed by atoms with E-state index in [4.69, 9.17) is 22.1 Å². The van der Waals surface area contributed by atoms with Crippen molar-refractivity contribution < 1.29 is 4.74 Å². The van der Waals surface area contributed by atoms with Gasteiger partial charge in [0.1, 0.15) is 11.3 Å². The number of piperazine rings is 1. The minimum absolute atomic E-state index is 0. The number of thiazole rings is 1. The SMILES string of the molecule is Br.COc1ccccc1N1CCN(C(N)Cc2nc3c(Cl)cccc3s2)CC1. The van der Waals surface area contributed by atoms with Gasteiger partial charge >= 0.3 is 0 Å². The van der Waals surface area contributed by atoms with Crippen LogP contribution >= 0.6 is 39.9 Å². The molecule has 0 bridgehead atoms. The van der Waals surface area contributed by atoms with E-state index in [0.29, 0.717) is 5.02 Å². The van der Waals surface area contributed by atoms with Gasteiger partial charge in [-0.05, 0) is 24.3 Å². The summed E-state index contributed by atoms with van der Waals surface area (Å²) in [5.74, 6) is 0.918. The van der Waals surface area contributed by atoms with Gasteiger partial charge in [-0.3, -0.25) is 4.90 Å². The van der Waals surface area contributed by atoms with Gasteiger partial charge in [0, 0.05) is 32.6 Å². The van der Waals surface area contributed by atoms with E-state index in [1.807, 2.05) is 30.3 Å². The van der Waals surface area contributed by atoms with E-state index in [0.717, 1.165) is 59.3 Å². The Balaban J connectivity index is 0.00000225. The maximum absolute atomic E-state index is 6.50. The molecule has 2 heterocycles. The Hall–Kier alpha value is -1.38. The fourth-order valence-corrected chi connectivity index (χ4v) is 4.86.